The highest BCUT2D eigenvalue weighted by atomic mass is 35.5. The third-order valence-corrected chi connectivity index (χ3v) is 6.08. The number of hydrogen-bond donors (Lipinski definition) is 2. The molecular formula is C22H22ClFN6O2. The second kappa shape index (κ2) is 8.48. The number of pyridine rings is 3. The number of carbonyl (C=O) groups excluding carboxylic acids is 1. The lowest BCUT2D eigenvalue weighted by atomic mass is 10.2. The van der Waals surface area contributed by atoms with Crippen molar-refractivity contribution in [1.29, 1.82) is 0 Å². The molecule has 8 nitrogen and oxygen atoms in total. The van der Waals surface area contributed by atoms with E-state index in [4.69, 9.17) is 11.6 Å². The summed E-state index contributed by atoms with van der Waals surface area (Å²) in [4.78, 5) is 39.0. The lowest BCUT2D eigenvalue weighted by Gasteiger charge is -2.36. The van der Waals surface area contributed by atoms with Crippen LogP contribution in [0.3, 0.4) is 0 Å². The van der Waals surface area contributed by atoms with E-state index in [-0.39, 0.29) is 28.2 Å². The summed E-state index contributed by atoms with van der Waals surface area (Å²) < 4.78 is 14.6. The van der Waals surface area contributed by atoms with Gasteiger partial charge in [-0.25, -0.2) is 4.98 Å². The van der Waals surface area contributed by atoms with Gasteiger partial charge in [-0.3, -0.25) is 19.5 Å². The standard InChI is InChI=1S/C22H22ClFN6O2/c23-15-10-17-18(28-21(15)31)9-13(11-25-17)12-29-5-7-30(8-6-29)19-4-3-16(27-20(19)24)22(32)26-14-1-2-14/h3-4,9-11,14H,1-2,5-8,12H2,(H,26,32)(H,28,31). The Morgan fingerprint density at radius 2 is 2.00 bits per heavy atom. The van der Waals surface area contributed by atoms with Gasteiger partial charge in [0.2, 0.25) is 5.95 Å². The van der Waals surface area contributed by atoms with Crippen LogP contribution < -0.4 is 15.8 Å². The van der Waals surface area contributed by atoms with Gasteiger partial charge in [-0.1, -0.05) is 11.6 Å². The summed E-state index contributed by atoms with van der Waals surface area (Å²) in [6.07, 6.45) is 3.72. The fourth-order valence-corrected chi connectivity index (χ4v) is 4.02. The van der Waals surface area contributed by atoms with E-state index in [2.05, 4.69) is 25.2 Å². The average Bonchev–Trinajstić information content (AvgIpc) is 3.59. The van der Waals surface area contributed by atoms with E-state index in [0.29, 0.717) is 36.4 Å². The number of nitrogens with zero attached hydrogens (tertiary/aromatic N) is 4. The van der Waals surface area contributed by atoms with Crippen molar-refractivity contribution in [2.75, 3.05) is 31.1 Å². The molecule has 3 aromatic rings. The molecular weight excluding hydrogens is 435 g/mol. The quantitative estimate of drug-likeness (QED) is 0.572. The minimum Gasteiger partial charge on any atom is -0.365 e. The van der Waals surface area contributed by atoms with Crippen molar-refractivity contribution in [2.45, 2.75) is 25.4 Å². The van der Waals surface area contributed by atoms with Crippen molar-refractivity contribution in [1.82, 2.24) is 25.2 Å². The number of halogens is 2. The number of H-pyrrole nitrogens is 1. The molecule has 10 heteroatoms. The van der Waals surface area contributed by atoms with Crippen LogP contribution in [0.5, 0.6) is 0 Å². The van der Waals surface area contributed by atoms with Gasteiger partial charge in [0, 0.05) is 45.0 Å². The molecule has 1 amide bonds. The molecule has 0 atom stereocenters. The lowest BCUT2D eigenvalue weighted by molar-refractivity contribution is 0.0945. The molecule has 1 saturated heterocycles. The molecule has 0 radical (unpaired) electrons. The monoisotopic (exact) mass is 456 g/mol. The number of carbonyl (C=O) groups is 1. The maximum Gasteiger partial charge on any atom is 0.270 e. The van der Waals surface area contributed by atoms with E-state index < -0.39 is 5.95 Å². The number of hydrogen-bond acceptors (Lipinski definition) is 6. The third-order valence-electron chi connectivity index (χ3n) is 5.80. The van der Waals surface area contributed by atoms with Gasteiger partial charge in [-0.2, -0.15) is 4.39 Å². The van der Waals surface area contributed by atoms with Crippen molar-refractivity contribution >= 4 is 34.2 Å². The first kappa shape index (κ1) is 20.8. The first-order valence-corrected chi connectivity index (χ1v) is 11.0. The van der Waals surface area contributed by atoms with Crippen LogP contribution in [0.2, 0.25) is 5.02 Å². The molecule has 4 heterocycles. The van der Waals surface area contributed by atoms with Gasteiger partial charge in [-0.05, 0) is 42.7 Å². The van der Waals surface area contributed by atoms with Crippen LogP contribution in [0.15, 0.2) is 35.3 Å². The second-order valence-electron chi connectivity index (χ2n) is 8.24. The van der Waals surface area contributed by atoms with Crippen molar-refractivity contribution in [3.8, 4) is 0 Å². The van der Waals surface area contributed by atoms with Crippen LogP contribution in [0.1, 0.15) is 28.9 Å². The predicted octanol–water partition coefficient (Wildman–Crippen LogP) is 2.33. The van der Waals surface area contributed by atoms with Crippen LogP contribution in [0, 0.1) is 5.95 Å². The highest BCUT2D eigenvalue weighted by Gasteiger charge is 2.26. The molecule has 1 aliphatic heterocycles. The molecule has 0 bridgehead atoms. The van der Waals surface area contributed by atoms with Gasteiger partial charge in [-0.15, -0.1) is 0 Å². The maximum absolute atomic E-state index is 14.6. The molecule has 1 aliphatic carbocycles. The Bertz CT molecular complexity index is 1240. The summed E-state index contributed by atoms with van der Waals surface area (Å²) >= 11 is 5.86. The summed E-state index contributed by atoms with van der Waals surface area (Å²) in [5, 5.41) is 2.94. The fraction of sp³-hybridized carbons (Fsp3) is 0.364. The Morgan fingerprint density at radius 1 is 1.22 bits per heavy atom. The molecule has 5 rings (SSSR count). The zero-order valence-electron chi connectivity index (χ0n) is 17.3. The molecule has 3 aromatic heterocycles. The zero-order chi connectivity index (χ0) is 22.2. The molecule has 0 unspecified atom stereocenters. The number of rotatable bonds is 5. The highest BCUT2D eigenvalue weighted by Crippen LogP contribution is 2.22. The first-order valence-electron chi connectivity index (χ1n) is 10.6. The highest BCUT2D eigenvalue weighted by molar-refractivity contribution is 6.30. The molecule has 32 heavy (non-hydrogen) atoms. The van der Waals surface area contributed by atoms with Gasteiger partial charge in [0.05, 0.1) is 16.7 Å². The van der Waals surface area contributed by atoms with Crippen molar-refractivity contribution < 1.29 is 9.18 Å². The van der Waals surface area contributed by atoms with E-state index in [1.807, 2.05) is 11.0 Å². The van der Waals surface area contributed by atoms with Gasteiger partial charge in [0.25, 0.3) is 11.5 Å². The van der Waals surface area contributed by atoms with Gasteiger partial charge in [0.1, 0.15) is 10.7 Å². The summed E-state index contributed by atoms with van der Waals surface area (Å²) in [5.74, 6) is -0.946. The number of aromatic nitrogens is 3. The van der Waals surface area contributed by atoms with E-state index in [9.17, 15) is 14.0 Å². The predicted molar refractivity (Wildman–Crippen MR) is 120 cm³/mol. The molecule has 2 fully saturated rings. The van der Waals surface area contributed by atoms with E-state index >= 15 is 0 Å². The smallest absolute Gasteiger partial charge is 0.270 e. The van der Waals surface area contributed by atoms with Crippen LogP contribution >= 0.6 is 11.6 Å². The van der Waals surface area contributed by atoms with Gasteiger partial charge < -0.3 is 15.2 Å². The van der Waals surface area contributed by atoms with Crippen LogP contribution in [0.25, 0.3) is 11.0 Å². The molecule has 0 aromatic carbocycles. The minimum atomic E-state index is -0.622. The molecule has 2 N–H and O–H groups in total. The number of amides is 1. The largest absolute Gasteiger partial charge is 0.365 e. The first-order chi connectivity index (χ1) is 15.5. The van der Waals surface area contributed by atoms with Crippen LogP contribution in [-0.2, 0) is 6.54 Å². The van der Waals surface area contributed by atoms with Gasteiger partial charge >= 0.3 is 0 Å². The summed E-state index contributed by atoms with van der Waals surface area (Å²) in [5.41, 5.74) is 2.45. The number of aromatic amines is 1. The minimum absolute atomic E-state index is 0.111. The number of piperazine rings is 1. The Kier molecular flexibility index (Phi) is 5.52. The zero-order valence-corrected chi connectivity index (χ0v) is 18.0. The average molecular weight is 457 g/mol. The fourth-order valence-electron chi connectivity index (χ4n) is 3.87. The van der Waals surface area contributed by atoms with E-state index in [0.717, 1.165) is 31.5 Å². The SMILES string of the molecule is O=C(NC1CC1)c1ccc(N2CCN(Cc3cnc4cc(Cl)c(=O)[nH]c4c3)CC2)c(F)n1. The summed E-state index contributed by atoms with van der Waals surface area (Å²) in [7, 11) is 0. The Labute approximate surface area is 188 Å². The summed E-state index contributed by atoms with van der Waals surface area (Å²) in [6, 6.07) is 6.88. The van der Waals surface area contributed by atoms with Crippen molar-refractivity contribution in [3.05, 3.63) is 63.0 Å². The molecule has 1 saturated carbocycles. The normalized spacial score (nSPS) is 17.0. The number of anilines is 1. The Balaban J connectivity index is 1.21. The van der Waals surface area contributed by atoms with Crippen LogP contribution in [-0.4, -0.2) is 58.0 Å². The second-order valence-corrected chi connectivity index (χ2v) is 8.65. The van der Waals surface area contributed by atoms with E-state index in [1.54, 1.807) is 24.4 Å². The number of fused-ring (bicyclic) bond motifs is 1. The molecule has 2 aliphatic rings. The summed E-state index contributed by atoms with van der Waals surface area (Å²) in [6.45, 7) is 3.42. The topological polar surface area (TPSA) is 94.2 Å². The number of nitrogens with one attached hydrogen (secondary N) is 2. The Morgan fingerprint density at radius 3 is 2.72 bits per heavy atom. The molecule has 166 valence electrons. The van der Waals surface area contributed by atoms with Crippen LogP contribution in [0.4, 0.5) is 10.1 Å². The van der Waals surface area contributed by atoms with E-state index in [1.165, 1.54) is 0 Å². The van der Waals surface area contributed by atoms with Crippen molar-refractivity contribution in [3.63, 3.8) is 0 Å². The Hall–Kier alpha value is -3.04. The lowest BCUT2D eigenvalue weighted by Crippen LogP contribution is -2.46. The third kappa shape index (κ3) is 4.44. The molecule has 0 spiro atoms. The van der Waals surface area contributed by atoms with Gasteiger partial charge in [0.15, 0.2) is 0 Å². The van der Waals surface area contributed by atoms with Crippen molar-refractivity contribution in [2.24, 2.45) is 0 Å². The maximum atomic E-state index is 14.6.